The molecule has 0 aliphatic heterocycles. The van der Waals surface area contributed by atoms with Crippen LogP contribution in [0.25, 0.3) is 0 Å². The van der Waals surface area contributed by atoms with Gasteiger partial charge >= 0.3 is 0 Å². The Morgan fingerprint density at radius 1 is 1.41 bits per heavy atom. The summed E-state index contributed by atoms with van der Waals surface area (Å²) in [4.78, 5) is 0. The van der Waals surface area contributed by atoms with Crippen molar-refractivity contribution in [1.82, 2.24) is 5.32 Å². The predicted octanol–water partition coefficient (Wildman–Crippen LogP) is 5.13. The third kappa shape index (κ3) is 4.08. The fourth-order valence-electron chi connectivity index (χ4n) is 2.85. The summed E-state index contributed by atoms with van der Waals surface area (Å²) in [5.41, 5.74) is 1.47. The van der Waals surface area contributed by atoms with E-state index in [0.717, 1.165) is 12.5 Å². The molecule has 1 aromatic heterocycles. The van der Waals surface area contributed by atoms with Crippen molar-refractivity contribution in [2.45, 2.75) is 51.5 Å². The predicted molar refractivity (Wildman–Crippen MR) is 79.6 cm³/mol. The SMILES string of the molecule is CCNC(CC1CCCCC1)c1csc(Br)c1. The van der Waals surface area contributed by atoms with Gasteiger partial charge in [-0.05, 0) is 51.8 Å². The fraction of sp³-hybridized carbons (Fsp3) is 0.714. The van der Waals surface area contributed by atoms with Crippen LogP contribution in [0.15, 0.2) is 15.2 Å². The number of rotatable bonds is 5. The monoisotopic (exact) mass is 315 g/mol. The largest absolute Gasteiger partial charge is 0.310 e. The Hall–Kier alpha value is 0.140. The van der Waals surface area contributed by atoms with E-state index in [1.54, 1.807) is 11.3 Å². The van der Waals surface area contributed by atoms with Gasteiger partial charge in [0, 0.05) is 6.04 Å². The summed E-state index contributed by atoms with van der Waals surface area (Å²) in [6, 6.07) is 2.84. The number of hydrogen-bond donors (Lipinski definition) is 1. The lowest BCUT2D eigenvalue weighted by Crippen LogP contribution is -2.24. The van der Waals surface area contributed by atoms with Gasteiger partial charge in [-0.15, -0.1) is 11.3 Å². The lowest BCUT2D eigenvalue weighted by molar-refractivity contribution is 0.302. The summed E-state index contributed by atoms with van der Waals surface area (Å²) < 4.78 is 1.25. The molecule has 0 bridgehead atoms. The van der Waals surface area contributed by atoms with Crippen LogP contribution >= 0.6 is 27.3 Å². The van der Waals surface area contributed by atoms with Crippen LogP contribution in [0, 0.1) is 5.92 Å². The van der Waals surface area contributed by atoms with Gasteiger partial charge in [0.1, 0.15) is 0 Å². The van der Waals surface area contributed by atoms with Crippen molar-refractivity contribution in [1.29, 1.82) is 0 Å². The topological polar surface area (TPSA) is 12.0 Å². The first kappa shape index (κ1) is 13.6. The van der Waals surface area contributed by atoms with Crippen LogP contribution < -0.4 is 5.32 Å². The van der Waals surface area contributed by atoms with Gasteiger partial charge < -0.3 is 5.32 Å². The molecular formula is C14H22BrNS. The molecule has 1 fully saturated rings. The molecule has 0 saturated heterocycles. The molecule has 1 heterocycles. The summed E-state index contributed by atoms with van der Waals surface area (Å²) in [5, 5.41) is 5.94. The third-order valence-electron chi connectivity index (χ3n) is 3.73. The maximum atomic E-state index is 3.65. The van der Waals surface area contributed by atoms with Gasteiger partial charge in [0.25, 0.3) is 0 Å². The van der Waals surface area contributed by atoms with E-state index in [2.05, 4.69) is 39.6 Å². The van der Waals surface area contributed by atoms with E-state index in [9.17, 15) is 0 Å². The van der Waals surface area contributed by atoms with E-state index >= 15 is 0 Å². The van der Waals surface area contributed by atoms with Gasteiger partial charge in [0.05, 0.1) is 3.79 Å². The van der Waals surface area contributed by atoms with E-state index in [-0.39, 0.29) is 0 Å². The van der Waals surface area contributed by atoms with Crippen molar-refractivity contribution in [3.63, 3.8) is 0 Å². The fourth-order valence-corrected chi connectivity index (χ4v) is 4.08. The number of thiophene rings is 1. The first-order valence-electron chi connectivity index (χ1n) is 6.77. The summed E-state index contributed by atoms with van der Waals surface area (Å²) in [5.74, 6) is 0.937. The number of halogens is 1. The summed E-state index contributed by atoms with van der Waals surface area (Å²) in [6.45, 7) is 3.26. The lowest BCUT2D eigenvalue weighted by atomic mass is 9.84. The Balaban J connectivity index is 1.96. The van der Waals surface area contributed by atoms with Gasteiger partial charge in [0.15, 0.2) is 0 Å². The zero-order valence-electron chi connectivity index (χ0n) is 10.5. The lowest BCUT2D eigenvalue weighted by Gasteiger charge is -2.26. The van der Waals surface area contributed by atoms with Crippen molar-refractivity contribution in [2.75, 3.05) is 6.54 Å². The first-order chi connectivity index (χ1) is 8.29. The average molecular weight is 316 g/mol. The van der Waals surface area contributed by atoms with Crippen LogP contribution in [0.2, 0.25) is 0 Å². The second-order valence-electron chi connectivity index (χ2n) is 5.03. The highest BCUT2D eigenvalue weighted by molar-refractivity contribution is 9.11. The summed E-state index contributed by atoms with van der Waals surface area (Å²) in [6.07, 6.45) is 8.53. The molecular weight excluding hydrogens is 294 g/mol. The molecule has 17 heavy (non-hydrogen) atoms. The van der Waals surface area contributed by atoms with Gasteiger partial charge in [-0.2, -0.15) is 0 Å². The molecule has 96 valence electrons. The number of hydrogen-bond acceptors (Lipinski definition) is 2. The van der Waals surface area contributed by atoms with Crippen molar-refractivity contribution >= 4 is 27.3 Å². The van der Waals surface area contributed by atoms with Gasteiger partial charge in [0.2, 0.25) is 0 Å². The summed E-state index contributed by atoms with van der Waals surface area (Å²) >= 11 is 5.36. The Bertz CT molecular complexity index is 331. The molecule has 1 aliphatic carbocycles. The smallest absolute Gasteiger partial charge is 0.0701 e. The van der Waals surface area contributed by atoms with Crippen LogP contribution in [-0.4, -0.2) is 6.54 Å². The molecule has 0 amide bonds. The highest BCUT2D eigenvalue weighted by Gasteiger charge is 2.20. The zero-order chi connectivity index (χ0) is 12.1. The van der Waals surface area contributed by atoms with Crippen LogP contribution in [-0.2, 0) is 0 Å². The van der Waals surface area contributed by atoms with Crippen LogP contribution in [0.5, 0.6) is 0 Å². The first-order valence-corrected chi connectivity index (χ1v) is 8.44. The van der Waals surface area contributed by atoms with Crippen LogP contribution in [0.3, 0.4) is 0 Å². The molecule has 0 spiro atoms. The van der Waals surface area contributed by atoms with Crippen molar-refractivity contribution in [3.05, 3.63) is 20.8 Å². The Kier molecular flexibility index (Phi) is 5.51. The molecule has 1 saturated carbocycles. The maximum Gasteiger partial charge on any atom is 0.0701 e. The minimum atomic E-state index is 0.561. The van der Waals surface area contributed by atoms with E-state index in [1.807, 2.05) is 0 Å². The van der Waals surface area contributed by atoms with Crippen LogP contribution in [0.1, 0.15) is 57.1 Å². The molecule has 1 aliphatic rings. The highest BCUT2D eigenvalue weighted by Crippen LogP contribution is 2.34. The van der Waals surface area contributed by atoms with Gasteiger partial charge in [-0.1, -0.05) is 39.0 Å². The van der Waals surface area contributed by atoms with E-state index in [0.29, 0.717) is 6.04 Å². The zero-order valence-corrected chi connectivity index (χ0v) is 12.9. The molecule has 1 aromatic rings. The standard InChI is InChI=1S/C14H22BrNS/c1-2-16-13(12-9-14(15)17-10-12)8-11-6-4-3-5-7-11/h9-11,13,16H,2-8H2,1H3. The second kappa shape index (κ2) is 6.91. The van der Waals surface area contributed by atoms with Crippen molar-refractivity contribution in [2.24, 2.45) is 5.92 Å². The van der Waals surface area contributed by atoms with E-state index < -0.39 is 0 Å². The molecule has 0 radical (unpaired) electrons. The minimum Gasteiger partial charge on any atom is -0.310 e. The summed E-state index contributed by atoms with van der Waals surface area (Å²) in [7, 11) is 0. The molecule has 0 aromatic carbocycles. The van der Waals surface area contributed by atoms with Crippen molar-refractivity contribution < 1.29 is 0 Å². The Labute approximate surface area is 117 Å². The quantitative estimate of drug-likeness (QED) is 0.794. The third-order valence-corrected chi connectivity index (χ3v) is 5.26. The maximum absolute atomic E-state index is 3.65. The van der Waals surface area contributed by atoms with Crippen LogP contribution in [0.4, 0.5) is 0 Å². The molecule has 1 nitrogen and oxygen atoms in total. The molecule has 1 unspecified atom stereocenters. The molecule has 1 N–H and O–H groups in total. The Morgan fingerprint density at radius 3 is 2.76 bits per heavy atom. The molecule has 2 rings (SSSR count). The van der Waals surface area contributed by atoms with E-state index in [1.165, 1.54) is 47.9 Å². The van der Waals surface area contributed by atoms with Gasteiger partial charge in [-0.25, -0.2) is 0 Å². The highest BCUT2D eigenvalue weighted by atomic mass is 79.9. The van der Waals surface area contributed by atoms with Crippen molar-refractivity contribution in [3.8, 4) is 0 Å². The number of nitrogens with one attached hydrogen (secondary N) is 1. The minimum absolute atomic E-state index is 0.561. The average Bonchev–Trinajstić information content (AvgIpc) is 2.77. The second-order valence-corrected chi connectivity index (χ2v) is 7.32. The molecule has 3 heteroatoms. The van der Waals surface area contributed by atoms with Gasteiger partial charge in [-0.3, -0.25) is 0 Å². The normalized spacial score (nSPS) is 19.4. The van der Waals surface area contributed by atoms with E-state index in [4.69, 9.17) is 0 Å². The molecule has 1 atom stereocenters. The Morgan fingerprint density at radius 2 is 2.18 bits per heavy atom.